The van der Waals surface area contributed by atoms with Gasteiger partial charge in [0.05, 0.1) is 13.0 Å². The van der Waals surface area contributed by atoms with E-state index >= 15 is 0 Å². The fraction of sp³-hybridized carbons (Fsp3) is 0.625. The monoisotopic (exact) mass is 309 g/mol. The molecular weight excluding hydrogens is 286 g/mol. The lowest BCUT2D eigenvalue weighted by Crippen LogP contribution is -2.10. The van der Waals surface area contributed by atoms with Crippen molar-refractivity contribution in [3.63, 3.8) is 0 Å². The Kier molecular flexibility index (Phi) is 5.45. The van der Waals surface area contributed by atoms with Crippen LogP contribution in [0.15, 0.2) is 12.1 Å². The first-order chi connectivity index (χ1) is 10.1. The molecule has 0 radical (unpaired) electrons. The van der Waals surface area contributed by atoms with Crippen LogP contribution in [0.3, 0.4) is 0 Å². The molecule has 0 N–H and O–H groups in total. The number of alkyl halides is 1. The Bertz CT molecular complexity index is 594. The zero-order chi connectivity index (χ0) is 15.4. The molecule has 0 aromatic carbocycles. The van der Waals surface area contributed by atoms with Crippen LogP contribution in [-0.4, -0.2) is 21.6 Å². The lowest BCUT2D eigenvalue weighted by Gasteiger charge is -2.17. The van der Waals surface area contributed by atoms with Gasteiger partial charge in [-0.3, -0.25) is 0 Å². The molecule has 2 aromatic rings. The third-order valence-electron chi connectivity index (χ3n) is 3.76. The zero-order valence-electron chi connectivity index (χ0n) is 13.3. The second-order valence-electron chi connectivity index (χ2n) is 5.90. The van der Waals surface area contributed by atoms with Gasteiger partial charge in [0, 0.05) is 12.1 Å². The number of rotatable bonds is 7. The molecule has 0 saturated carbocycles. The summed E-state index contributed by atoms with van der Waals surface area (Å²) in [7, 11) is 1.63. The zero-order valence-corrected chi connectivity index (χ0v) is 14.0. The molecule has 1 atom stereocenters. The van der Waals surface area contributed by atoms with E-state index < -0.39 is 0 Å². The van der Waals surface area contributed by atoms with Crippen LogP contribution >= 0.6 is 11.6 Å². The summed E-state index contributed by atoms with van der Waals surface area (Å²) in [5, 5.41) is 0. The Morgan fingerprint density at radius 3 is 2.57 bits per heavy atom. The van der Waals surface area contributed by atoms with Gasteiger partial charge in [0.25, 0.3) is 0 Å². The van der Waals surface area contributed by atoms with Gasteiger partial charge >= 0.3 is 0 Å². The maximum atomic E-state index is 6.06. The molecule has 5 heteroatoms. The van der Waals surface area contributed by atoms with Crippen LogP contribution in [0.25, 0.3) is 11.2 Å². The molecule has 0 bridgehead atoms. The number of aromatic nitrogens is 3. The molecule has 2 aromatic heterocycles. The van der Waals surface area contributed by atoms with E-state index in [1.54, 1.807) is 7.11 Å². The van der Waals surface area contributed by atoms with E-state index in [2.05, 4.69) is 35.3 Å². The van der Waals surface area contributed by atoms with Crippen molar-refractivity contribution in [1.82, 2.24) is 14.5 Å². The largest absolute Gasteiger partial charge is 0.481 e. The topological polar surface area (TPSA) is 39.9 Å². The van der Waals surface area contributed by atoms with Gasteiger partial charge in [-0.15, -0.1) is 11.6 Å². The summed E-state index contributed by atoms with van der Waals surface area (Å²) in [5.41, 5.74) is 1.74. The summed E-state index contributed by atoms with van der Waals surface area (Å²) in [5.74, 6) is 2.62. The predicted molar refractivity (Wildman–Crippen MR) is 87.0 cm³/mol. The highest BCUT2D eigenvalue weighted by atomic mass is 35.5. The van der Waals surface area contributed by atoms with E-state index in [-0.39, 0.29) is 0 Å². The van der Waals surface area contributed by atoms with E-state index in [0.29, 0.717) is 17.8 Å². The average Bonchev–Trinajstić information content (AvgIpc) is 2.84. The number of ether oxygens (including phenoxy) is 1. The third-order valence-corrected chi connectivity index (χ3v) is 4.00. The molecule has 0 aliphatic heterocycles. The van der Waals surface area contributed by atoms with Crippen molar-refractivity contribution >= 4 is 22.8 Å². The molecule has 2 heterocycles. The smallest absolute Gasteiger partial charge is 0.215 e. The van der Waals surface area contributed by atoms with Crippen LogP contribution in [0.1, 0.15) is 51.9 Å². The third kappa shape index (κ3) is 3.67. The van der Waals surface area contributed by atoms with Gasteiger partial charge in [-0.2, -0.15) is 4.98 Å². The lowest BCUT2D eigenvalue weighted by atomic mass is 10.0. The number of halogens is 1. The van der Waals surface area contributed by atoms with Gasteiger partial charge in [-0.1, -0.05) is 26.7 Å². The summed E-state index contributed by atoms with van der Waals surface area (Å²) < 4.78 is 7.39. The van der Waals surface area contributed by atoms with Crippen molar-refractivity contribution in [2.75, 3.05) is 7.11 Å². The molecule has 1 unspecified atom stereocenters. The fourth-order valence-corrected chi connectivity index (χ4v) is 2.81. The second kappa shape index (κ2) is 7.12. The number of hydrogen-bond acceptors (Lipinski definition) is 3. The van der Waals surface area contributed by atoms with Crippen LogP contribution < -0.4 is 4.74 Å². The Morgan fingerprint density at radius 1 is 1.19 bits per heavy atom. The van der Waals surface area contributed by atoms with Gasteiger partial charge in [0.2, 0.25) is 5.88 Å². The minimum atomic E-state index is 0.335. The first-order valence-electron chi connectivity index (χ1n) is 7.54. The van der Waals surface area contributed by atoms with Crippen LogP contribution in [0.4, 0.5) is 0 Å². The molecule has 0 aliphatic rings. The van der Waals surface area contributed by atoms with Gasteiger partial charge in [0.1, 0.15) is 11.3 Å². The number of methoxy groups -OCH3 is 1. The average molecular weight is 310 g/mol. The minimum absolute atomic E-state index is 0.335. The summed E-state index contributed by atoms with van der Waals surface area (Å²) in [6.45, 7) is 6.72. The van der Waals surface area contributed by atoms with Gasteiger partial charge in [-0.05, 0) is 25.3 Å². The summed E-state index contributed by atoms with van der Waals surface area (Å²) >= 11 is 6.06. The highest BCUT2D eigenvalue weighted by Crippen LogP contribution is 2.26. The maximum absolute atomic E-state index is 6.06. The van der Waals surface area contributed by atoms with Crippen LogP contribution in [-0.2, 0) is 5.88 Å². The maximum Gasteiger partial charge on any atom is 0.215 e. The SMILES string of the molecule is COc1ccc2nc(CCl)n(C(C)CCCC(C)C)c2n1. The number of imidazole rings is 1. The molecule has 2 rings (SSSR count). The van der Waals surface area contributed by atoms with Crippen molar-refractivity contribution in [2.24, 2.45) is 5.92 Å². The minimum Gasteiger partial charge on any atom is -0.481 e. The van der Waals surface area contributed by atoms with Crippen LogP contribution in [0, 0.1) is 5.92 Å². The summed E-state index contributed by atoms with van der Waals surface area (Å²) in [6, 6.07) is 4.11. The quantitative estimate of drug-likeness (QED) is 0.704. The summed E-state index contributed by atoms with van der Waals surface area (Å²) in [4.78, 5) is 9.13. The van der Waals surface area contributed by atoms with Gasteiger partial charge < -0.3 is 9.30 Å². The standard InChI is InChI=1S/C16H24ClN3O/c1-11(2)6-5-7-12(3)20-14(10-17)18-13-8-9-15(21-4)19-16(13)20/h8-9,11-12H,5-7,10H2,1-4H3. The van der Waals surface area contributed by atoms with Crippen molar-refractivity contribution in [2.45, 2.75) is 52.0 Å². The molecule has 0 aliphatic carbocycles. The van der Waals surface area contributed by atoms with Crippen molar-refractivity contribution < 1.29 is 4.74 Å². The molecule has 21 heavy (non-hydrogen) atoms. The molecule has 0 amide bonds. The van der Waals surface area contributed by atoms with E-state index in [4.69, 9.17) is 16.3 Å². The molecule has 4 nitrogen and oxygen atoms in total. The van der Waals surface area contributed by atoms with Crippen LogP contribution in [0.5, 0.6) is 5.88 Å². The van der Waals surface area contributed by atoms with E-state index in [1.165, 1.54) is 12.8 Å². The fourth-order valence-electron chi connectivity index (χ4n) is 2.63. The summed E-state index contributed by atoms with van der Waals surface area (Å²) in [6.07, 6.45) is 3.54. The van der Waals surface area contributed by atoms with Gasteiger partial charge in [0.15, 0.2) is 5.65 Å². The number of hydrogen-bond donors (Lipinski definition) is 0. The molecular formula is C16H24ClN3O. The van der Waals surface area contributed by atoms with E-state index in [9.17, 15) is 0 Å². The van der Waals surface area contributed by atoms with Crippen molar-refractivity contribution in [3.8, 4) is 5.88 Å². The van der Waals surface area contributed by atoms with E-state index in [1.807, 2.05) is 12.1 Å². The normalized spacial score (nSPS) is 13.0. The lowest BCUT2D eigenvalue weighted by molar-refractivity contribution is 0.397. The van der Waals surface area contributed by atoms with Gasteiger partial charge in [-0.25, -0.2) is 4.98 Å². The highest BCUT2D eigenvalue weighted by molar-refractivity contribution is 6.16. The Morgan fingerprint density at radius 2 is 1.95 bits per heavy atom. The molecule has 0 fully saturated rings. The number of pyridine rings is 1. The van der Waals surface area contributed by atoms with Crippen molar-refractivity contribution in [3.05, 3.63) is 18.0 Å². The molecule has 0 saturated heterocycles. The number of nitrogens with zero attached hydrogens (tertiary/aromatic N) is 3. The Balaban J connectivity index is 2.30. The Labute approximate surface area is 131 Å². The van der Waals surface area contributed by atoms with Crippen LogP contribution in [0.2, 0.25) is 0 Å². The number of fused-ring (bicyclic) bond motifs is 1. The molecule has 0 spiro atoms. The first-order valence-corrected chi connectivity index (χ1v) is 8.08. The van der Waals surface area contributed by atoms with E-state index in [0.717, 1.165) is 29.3 Å². The first kappa shape index (κ1) is 16.1. The second-order valence-corrected chi connectivity index (χ2v) is 6.17. The van der Waals surface area contributed by atoms with Crippen molar-refractivity contribution in [1.29, 1.82) is 0 Å². The highest BCUT2D eigenvalue weighted by Gasteiger charge is 2.17. The predicted octanol–water partition coefficient (Wildman–Crippen LogP) is 4.57. The molecule has 116 valence electrons. The Hall–Kier alpha value is -1.29.